The zero-order chi connectivity index (χ0) is 18.6. The second-order valence-electron chi connectivity index (χ2n) is 6.19. The topological polar surface area (TPSA) is 63.2 Å². The van der Waals surface area contributed by atoms with Gasteiger partial charge in [0.2, 0.25) is 5.91 Å². The van der Waals surface area contributed by atoms with Crippen LogP contribution in [0.2, 0.25) is 0 Å². The standard InChI is InChI=1S/C21H17N3O2S/c25-19(15-6-9-17(10-7-15)24-13-3-5-20(24)26)11-8-16-14-27-21(23-16)18-4-1-2-12-22-18/h1-2,4,6-12,14H,3,5,13H2. The molecule has 134 valence electrons. The molecule has 0 spiro atoms. The molecule has 27 heavy (non-hydrogen) atoms. The van der Waals surface area contributed by atoms with Crippen molar-refractivity contribution in [3.05, 3.63) is 71.4 Å². The summed E-state index contributed by atoms with van der Waals surface area (Å²) in [6.45, 7) is 0.745. The molecular formula is C21H17N3O2S. The maximum atomic E-state index is 12.4. The Hall–Kier alpha value is -3.12. The number of allylic oxidation sites excluding steroid dienone is 1. The quantitative estimate of drug-likeness (QED) is 0.495. The van der Waals surface area contributed by atoms with Crippen LogP contribution in [0.15, 0.2) is 60.1 Å². The van der Waals surface area contributed by atoms with Gasteiger partial charge in [0, 0.05) is 35.8 Å². The van der Waals surface area contributed by atoms with Gasteiger partial charge in [0.1, 0.15) is 5.01 Å². The van der Waals surface area contributed by atoms with Crippen LogP contribution in [0.3, 0.4) is 0 Å². The molecule has 6 heteroatoms. The number of hydrogen-bond donors (Lipinski definition) is 0. The lowest BCUT2D eigenvalue weighted by Crippen LogP contribution is -2.23. The molecule has 3 heterocycles. The normalized spacial score (nSPS) is 14.2. The van der Waals surface area contributed by atoms with E-state index in [-0.39, 0.29) is 11.7 Å². The first-order valence-corrected chi connectivity index (χ1v) is 9.58. The molecule has 0 unspecified atom stereocenters. The molecular weight excluding hydrogens is 358 g/mol. The first-order valence-electron chi connectivity index (χ1n) is 8.70. The van der Waals surface area contributed by atoms with Crippen LogP contribution in [-0.2, 0) is 4.79 Å². The third-order valence-electron chi connectivity index (χ3n) is 4.35. The molecule has 0 aliphatic carbocycles. The number of carbonyl (C=O) groups excluding carboxylic acids is 2. The van der Waals surface area contributed by atoms with Crippen LogP contribution in [0, 0.1) is 0 Å². The number of hydrogen-bond acceptors (Lipinski definition) is 5. The van der Waals surface area contributed by atoms with Gasteiger partial charge < -0.3 is 4.90 Å². The fourth-order valence-corrected chi connectivity index (χ4v) is 3.72. The van der Waals surface area contributed by atoms with Crippen LogP contribution >= 0.6 is 11.3 Å². The molecule has 1 saturated heterocycles. The van der Waals surface area contributed by atoms with Crippen molar-refractivity contribution >= 4 is 34.8 Å². The number of nitrogens with zero attached hydrogens (tertiary/aromatic N) is 3. The zero-order valence-electron chi connectivity index (χ0n) is 14.5. The number of thiazole rings is 1. The molecule has 1 aliphatic rings. The molecule has 0 bridgehead atoms. The average Bonchev–Trinajstić information content (AvgIpc) is 3.36. The van der Waals surface area contributed by atoms with E-state index in [0.29, 0.717) is 12.0 Å². The van der Waals surface area contributed by atoms with Crippen LogP contribution in [0.1, 0.15) is 28.9 Å². The summed E-state index contributed by atoms with van der Waals surface area (Å²) in [5.41, 5.74) is 2.98. The number of anilines is 1. The Bertz CT molecular complexity index is 994. The summed E-state index contributed by atoms with van der Waals surface area (Å²) in [5.74, 6) is 0.0444. The third-order valence-corrected chi connectivity index (χ3v) is 5.23. The van der Waals surface area contributed by atoms with Gasteiger partial charge in [-0.2, -0.15) is 0 Å². The maximum absolute atomic E-state index is 12.4. The molecule has 5 nitrogen and oxygen atoms in total. The van der Waals surface area contributed by atoms with E-state index < -0.39 is 0 Å². The first kappa shape index (κ1) is 17.3. The van der Waals surface area contributed by atoms with E-state index in [1.807, 2.05) is 35.7 Å². The van der Waals surface area contributed by atoms with Gasteiger partial charge in [-0.1, -0.05) is 6.07 Å². The minimum absolute atomic E-state index is 0.0957. The highest BCUT2D eigenvalue weighted by Crippen LogP contribution is 2.23. The van der Waals surface area contributed by atoms with E-state index in [0.717, 1.165) is 35.0 Å². The van der Waals surface area contributed by atoms with Crippen LogP contribution in [0.4, 0.5) is 5.69 Å². The highest BCUT2D eigenvalue weighted by molar-refractivity contribution is 7.13. The molecule has 1 amide bonds. The van der Waals surface area contributed by atoms with Gasteiger partial charge >= 0.3 is 0 Å². The second kappa shape index (κ2) is 7.63. The van der Waals surface area contributed by atoms with Crippen LogP contribution < -0.4 is 4.90 Å². The van der Waals surface area contributed by atoms with Crippen molar-refractivity contribution in [3.63, 3.8) is 0 Å². The number of rotatable bonds is 5. The van der Waals surface area contributed by atoms with Gasteiger partial charge in [-0.25, -0.2) is 4.98 Å². The van der Waals surface area contributed by atoms with E-state index in [1.165, 1.54) is 17.4 Å². The SMILES string of the molecule is O=C(C=Cc1csc(-c2ccccn2)n1)c1ccc(N2CCCC2=O)cc1. The van der Waals surface area contributed by atoms with Crippen molar-refractivity contribution in [2.45, 2.75) is 12.8 Å². The van der Waals surface area contributed by atoms with E-state index >= 15 is 0 Å². The third kappa shape index (κ3) is 3.85. The summed E-state index contributed by atoms with van der Waals surface area (Å²) in [6, 6.07) is 12.9. The van der Waals surface area contributed by atoms with Crippen molar-refractivity contribution < 1.29 is 9.59 Å². The fourth-order valence-electron chi connectivity index (χ4n) is 2.95. The van der Waals surface area contributed by atoms with Crippen molar-refractivity contribution in [1.29, 1.82) is 0 Å². The Labute approximate surface area is 161 Å². The highest BCUT2D eigenvalue weighted by atomic mass is 32.1. The van der Waals surface area contributed by atoms with Crippen molar-refractivity contribution in [1.82, 2.24) is 9.97 Å². The molecule has 0 N–H and O–H groups in total. The monoisotopic (exact) mass is 375 g/mol. The lowest BCUT2D eigenvalue weighted by molar-refractivity contribution is -0.117. The largest absolute Gasteiger partial charge is 0.312 e. The molecule has 2 aromatic heterocycles. The number of ketones is 1. The van der Waals surface area contributed by atoms with Crippen LogP contribution in [0.5, 0.6) is 0 Å². The maximum Gasteiger partial charge on any atom is 0.227 e. The molecule has 4 rings (SSSR count). The van der Waals surface area contributed by atoms with Gasteiger partial charge in [0.25, 0.3) is 0 Å². The van der Waals surface area contributed by atoms with E-state index in [4.69, 9.17) is 0 Å². The smallest absolute Gasteiger partial charge is 0.227 e. The van der Waals surface area contributed by atoms with E-state index in [2.05, 4.69) is 9.97 Å². The van der Waals surface area contributed by atoms with Crippen molar-refractivity contribution in [3.8, 4) is 10.7 Å². The Kier molecular flexibility index (Phi) is 4.89. The minimum Gasteiger partial charge on any atom is -0.312 e. The summed E-state index contributed by atoms with van der Waals surface area (Å²) < 4.78 is 0. The minimum atomic E-state index is -0.0957. The van der Waals surface area contributed by atoms with E-state index in [9.17, 15) is 9.59 Å². The predicted octanol–water partition coefficient (Wildman–Crippen LogP) is 4.23. The summed E-state index contributed by atoms with van der Waals surface area (Å²) in [6.07, 6.45) is 6.44. The Balaban J connectivity index is 1.44. The Morgan fingerprint density at radius 2 is 2.00 bits per heavy atom. The number of carbonyl (C=O) groups is 2. The average molecular weight is 375 g/mol. The molecule has 3 aromatic rings. The Morgan fingerprint density at radius 3 is 2.70 bits per heavy atom. The molecule has 1 fully saturated rings. The van der Waals surface area contributed by atoms with Gasteiger partial charge in [0.05, 0.1) is 11.4 Å². The number of benzene rings is 1. The van der Waals surface area contributed by atoms with Crippen LogP contribution in [-0.4, -0.2) is 28.2 Å². The zero-order valence-corrected chi connectivity index (χ0v) is 15.4. The van der Waals surface area contributed by atoms with Crippen molar-refractivity contribution in [2.75, 3.05) is 11.4 Å². The number of aromatic nitrogens is 2. The molecule has 1 aromatic carbocycles. The van der Waals surface area contributed by atoms with Gasteiger partial charge in [-0.3, -0.25) is 14.6 Å². The Morgan fingerprint density at radius 1 is 1.15 bits per heavy atom. The molecule has 1 aliphatic heterocycles. The summed E-state index contributed by atoms with van der Waals surface area (Å²) in [5, 5.41) is 2.72. The fraction of sp³-hybridized carbons (Fsp3) is 0.143. The van der Waals surface area contributed by atoms with Gasteiger partial charge in [-0.05, 0) is 55.0 Å². The highest BCUT2D eigenvalue weighted by Gasteiger charge is 2.21. The summed E-state index contributed by atoms with van der Waals surface area (Å²) in [7, 11) is 0. The molecule has 0 atom stereocenters. The molecule has 0 saturated carbocycles. The second-order valence-corrected chi connectivity index (χ2v) is 7.04. The number of pyridine rings is 1. The van der Waals surface area contributed by atoms with Gasteiger partial charge in [0.15, 0.2) is 5.78 Å². The number of amides is 1. The van der Waals surface area contributed by atoms with Crippen molar-refractivity contribution in [2.24, 2.45) is 0 Å². The lowest BCUT2D eigenvalue weighted by atomic mass is 10.1. The van der Waals surface area contributed by atoms with E-state index in [1.54, 1.807) is 29.3 Å². The first-order chi connectivity index (χ1) is 13.2. The summed E-state index contributed by atoms with van der Waals surface area (Å²) >= 11 is 1.49. The molecule has 0 radical (unpaired) electrons. The lowest BCUT2D eigenvalue weighted by Gasteiger charge is -2.15. The predicted molar refractivity (Wildman–Crippen MR) is 107 cm³/mol. The van der Waals surface area contributed by atoms with Crippen LogP contribution in [0.25, 0.3) is 16.8 Å². The van der Waals surface area contributed by atoms with Gasteiger partial charge in [-0.15, -0.1) is 11.3 Å². The summed E-state index contributed by atoms with van der Waals surface area (Å²) in [4.78, 5) is 34.7.